The summed E-state index contributed by atoms with van der Waals surface area (Å²) in [5, 5.41) is 6.69. The first-order chi connectivity index (χ1) is 12.5. The summed E-state index contributed by atoms with van der Waals surface area (Å²) in [4.78, 5) is 39.7. The molecule has 1 aromatic carbocycles. The van der Waals surface area contributed by atoms with Crippen molar-refractivity contribution < 1.29 is 14.4 Å². The molecular weight excluding hydrogens is 334 g/mol. The quantitative estimate of drug-likeness (QED) is 0.832. The van der Waals surface area contributed by atoms with E-state index in [1.54, 1.807) is 53.3 Å². The Morgan fingerprint density at radius 3 is 2.77 bits per heavy atom. The van der Waals surface area contributed by atoms with Crippen molar-refractivity contribution in [2.75, 3.05) is 29.9 Å². The molecule has 2 aromatic rings. The Kier molecular flexibility index (Phi) is 4.83. The van der Waals surface area contributed by atoms with Gasteiger partial charge >= 0.3 is 0 Å². The average molecular weight is 353 g/mol. The number of carbonyl (C=O) groups excluding carboxylic acids is 3. The summed E-state index contributed by atoms with van der Waals surface area (Å²) in [6, 6.07) is 6.61. The Hall–Kier alpha value is -3.42. The van der Waals surface area contributed by atoms with Gasteiger partial charge in [-0.05, 0) is 24.3 Å². The lowest BCUT2D eigenvalue weighted by molar-refractivity contribution is -0.120. The molecule has 134 valence electrons. The third-order valence-corrected chi connectivity index (χ3v) is 4.07. The van der Waals surface area contributed by atoms with Gasteiger partial charge in [-0.2, -0.15) is 5.10 Å². The van der Waals surface area contributed by atoms with Crippen molar-refractivity contribution in [3.63, 3.8) is 0 Å². The van der Waals surface area contributed by atoms with Crippen LogP contribution in [0.15, 0.2) is 49.3 Å². The molecule has 0 atom stereocenters. The normalized spacial score (nSPS) is 14.3. The topological polar surface area (TPSA) is 87.5 Å². The predicted molar refractivity (Wildman–Crippen MR) is 96.7 cm³/mol. The molecule has 0 bridgehead atoms. The lowest BCUT2D eigenvalue weighted by Gasteiger charge is -2.33. The molecule has 1 aromatic heterocycles. The van der Waals surface area contributed by atoms with E-state index in [2.05, 4.69) is 17.0 Å². The van der Waals surface area contributed by atoms with E-state index >= 15 is 0 Å². The second kappa shape index (κ2) is 7.22. The zero-order chi connectivity index (χ0) is 18.7. The number of aromatic nitrogens is 2. The van der Waals surface area contributed by atoms with Gasteiger partial charge in [0.05, 0.1) is 11.9 Å². The van der Waals surface area contributed by atoms with E-state index in [4.69, 9.17) is 0 Å². The number of anilines is 2. The molecule has 3 amide bonds. The summed E-state index contributed by atoms with van der Waals surface area (Å²) in [5.74, 6) is -0.762. The molecule has 0 saturated carbocycles. The number of hydrogen-bond acceptors (Lipinski definition) is 4. The molecule has 8 heteroatoms. The highest BCUT2D eigenvalue weighted by Gasteiger charge is 2.29. The molecule has 26 heavy (non-hydrogen) atoms. The van der Waals surface area contributed by atoms with Crippen molar-refractivity contribution in [3.8, 4) is 0 Å². The van der Waals surface area contributed by atoms with Gasteiger partial charge in [-0.25, -0.2) is 0 Å². The third-order valence-electron chi connectivity index (χ3n) is 4.07. The SMILES string of the molecule is C=CC(=O)Nc1cccc(C(=O)N2CCN(c3cnn(C)c3)C(=O)C2)c1. The van der Waals surface area contributed by atoms with Crippen LogP contribution in [-0.4, -0.2) is 52.0 Å². The minimum Gasteiger partial charge on any atom is -0.328 e. The number of rotatable bonds is 4. The van der Waals surface area contributed by atoms with E-state index in [-0.39, 0.29) is 24.3 Å². The first-order valence-electron chi connectivity index (χ1n) is 8.09. The molecule has 0 aliphatic carbocycles. The van der Waals surface area contributed by atoms with Crippen LogP contribution < -0.4 is 10.2 Å². The zero-order valence-corrected chi connectivity index (χ0v) is 14.4. The van der Waals surface area contributed by atoms with Crippen molar-refractivity contribution in [1.82, 2.24) is 14.7 Å². The second-order valence-corrected chi connectivity index (χ2v) is 5.92. The number of nitrogens with zero attached hydrogens (tertiary/aromatic N) is 4. The van der Waals surface area contributed by atoms with Crippen molar-refractivity contribution >= 4 is 29.1 Å². The molecule has 1 N–H and O–H groups in total. The van der Waals surface area contributed by atoms with Crippen LogP contribution in [0.4, 0.5) is 11.4 Å². The van der Waals surface area contributed by atoms with E-state index in [1.165, 1.54) is 4.90 Å². The molecular formula is C18H19N5O3. The van der Waals surface area contributed by atoms with E-state index in [0.717, 1.165) is 11.8 Å². The number of carbonyl (C=O) groups is 3. The lowest BCUT2D eigenvalue weighted by Crippen LogP contribution is -2.52. The monoisotopic (exact) mass is 353 g/mol. The van der Waals surface area contributed by atoms with Crippen molar-refractivity contribution in [1.29, 1.82) is 0 Å². The van der Waals surface area contributed by atoms with Crippen LogP contribution in [0.3, 0.4) is 0 Å². The fraction of sp³-hybridized carbons (Fsp3) is 0.222. The van der Waals surface area contributed by atoms with Gasteiger partial charge in [-0.3, -0.25) is 19.1 Å². The minimum atomic E-state index is -0.352. The molecule has 0 unspecified atom stereocenters. The predicted octanol–water partition coefficient (Wildman–Crippen LogP) is 1.03. The second-order valence-electron chi connectivity index (χ2n) is 5.92. The zero-order valence-electron chi connectivity index (χ0n) is 14.4. The maximum Gasteiger partial charge on any atom is 0.254 e. The highest BCUT2D eigenvalue weighted by atomic mass is 16.2. The Labute approximate surface area is 150 Å². The minimum absolute atomic E-state index is 0.00300. The Balaban J connectivity index is 1.70. The fourth-order valence-electron chi connectivity index (χ4n) is 2.77. The number of aryl methyl sites for hydroxylation is 1. The van der Waals surface area contributed by atoms with Gasteiger partial charge in [-0.1, -0.05) is 12.6 Å². The molecule has 3 rings (SSSR count). The standard InChI is InChI=1S/C18H19N5O3/c1-3-16(24)20-14-6-4-5-13(9-14)18(26)22-7-8-23(17(25)12-22)15-10-19-21(2)11-15/h3-6,9-11H,1,7-8,12H2,2H3,(H,20,24). The molecule has 1 saturated heterocycles. The van der Waals surface area contributed by atoms with E-state index < -0.39 is 0 Å². The highest BCUT2D eigenvalue weighted by molar-refractivity contribution is 6.03. The first-order valence-corrected chi connectivity index (χ1v) is 8.09. The molecule has 0 spiro atoms. The maximum absolute atomic E-state index is 12.7. The molecule has 2 heterocycles. The molecule has 8 nitrogen and oxygen atoms in total. The number of benzene rings is 1. The number of hydrogen-bond donors (Lipinski definition) is 1. The summed E-state index contributed by atoms with van der Waals surface area (Å²) < 4.78 is 1.63. The molecule has 1 aliphatic heterocycles. The Morgan fingerprint density at radius 2 is 2.12 bits per heavy atom. The Bertz CT molecular complexity index is 873. The third kappa shape index (κ3) is 3.64. The van der Waals surface area contributed by atoms with Crippen molar-refractivity contribution in [2.24, 2.45) is 7.05 Å². The van der Waals surface area contributed by atoms with Crippen LogP contribution in [0.1, 0.15) is 10.4 Å². The summed E-state index contributed by atoms with van der Waals surface area (Å²) in [7, 11) is 1.78. The Morgan fingerprint density at radius 1 is 1.31 bits per heavy atom. The lowest BCUT2D eigenvalue weighted by atomic mass is 10.1. The maximum atomic E-state index is 12.7. The van der Waals surface area contributed by atoms with Gasteiger partial charge in [0.2, 0.25) is 11.8 Å². The highest BCUT2D eigenvalue weighted by Crippen LogP contribution is 2.18. The van der Waals surface area contributed by atoms with Gasteiger partial charge in [-0.15, -0.1) is 0 Å². The summed E-state index contributed by atoms with van der Waals surface area (Å²) in [6.07, 6.45) is 4.55. The summed E-state index contributed by atoms with van der Waals surface area (Å²) >= 11 is 0. The smallest absolute Gasteiger partial charge is 0.254 e. The van der Waals surface area contributed by atoms with Gasteiger partial charge in [0.15, 0.2) is 0 Å². The summed E-state index contributed by atoms with van der Waals surface area (Å²) in [6.45, 7) is 4.22. The van der Waals surface area contributed by atoms with E-state index in [9.17, 15) is 14.4 Å². The molecule has 1 fully saturated rings. The van der Waals surface area contributed by atoms with Crippen molar-refractivity contribution in [2.45, 2.75) is 0 Å². The molecule has 1 aliphatic rings. The van der Waals surface area contributed by atoms with E-state index in [0.29, 0.717) is 24.3 Å². The van der Waals surface area contributed by atoms with Crippen LogP contribution in [0.5, 0.6) is 0 Å². The van der Waals surface area contributed by atoms with Gasteiger partial charge in [0.1, 0.15) is 6.54 Å². The summed E-state index contributed by atoms with van der Waals surface area (Å²) in [5.41, 5.74) is 1.63. The van der Waals surface area contributed by atoms with Crippen molar-refractivity contribution in [3.05, 3.63) is 54.9 Å². The average Bonchev–Trinajstić information content (AvgIpc) is 3.07. The first kappa shape index (κ1) is 17.4. The van der Waals surface area contributed by atoms with Gasteiger partial charge in [0, 0.05) is 37.6 Å². The van der Waals surface area contributed by atoms with Crippen LogP contribution in [0, 0.1) is 0 Å². The fourth-order valence-corrected chi connectivity index (χ4v) is 2.77. The van der Waals surface area contributed by atoms with Crippen LogP contribution in [0.2, 0.25) is 0 Å². The van der Waals surface area contributed by atoms with Gasteiger partial charge < -0.3 is 15.1 Å². The van der Waals surface area contributed by atoms with E-state index in [1.807, 2.05) is 0 Å². The number of amides is 3. The van der Waals surface area contributed by atoms with Crippen LogP contribution in [0.25, 0.3) is 0 Å². The van der Waals surface area contributed by atoms with Crippen LogP contribution in [-0.2, 0) is 16.6 Å². The van der Waals surface area contributed by atoms with Gasteiger partial charge in [0.25, 0.3) is 5.91 Å². The molecule has 0 radical (unpaired) electrons. The number of nitrogens with one attached hydrogen (secondary N) is 1. The largest absolute Gasteiger partial charge is 0.328 e. The number of piperazine rings is 1. The van der Waals surface area contributed by atoms with Crippen LogP contribution >= 0.6 is 0 Å².